The molecule has 1 aromatic carbocycles. The SMILES string of the molecule is CC1(C2CCN(C(=O)c3c[nH]cc3-c3ccccc3F)CC2)NC(=O)NC1=O. The van der Waals surface area contributed by atoms with Crippen LogP contribution in [0.2, 0.25) is 0 Å². The van der Waals surface area contributed by atoms with E-state index in [0.717, 1.165) is 0 Å². The molecule has 0 bridgehead atoms. The highest BCUT2D eigenvalue weighted by Gasteiger charge is 2.48. The summed E-state index contributed by atoms with van der Waals surface area (Å²) in [6.45, 7) is 2.64. The van der Waals surface area contributed by atoms with Gasteiger partial charge in [0.15, 0.2) is 0 Å². The predicted molar refractivity (Wildman–Crippen MR) is 99.9 cm³/mol. The standard InChI is InChI=1S/C20H21FN4O3/c1-20(18(27)23-19(28)24-20)12-6-8-25(9-7-12)17(26)15-11-22-10-14(15)13-4-2-3-5-16(13)21/h2-5,10-12,22H,6-9H2,1H3,(H2,23,24,27,28). The fraction of sp³-hybridized carbons (Fsp3) is 0.350. The van der Waals surface area contributed by atoms with E-state index < -0.39 is 11.6 Å². The average Bonchev–Trinajstić information content (AvgIpc) is 3.26. The van der Waals surface area contributed by atoms with Crippen LogP contribution in [0.4, 0.5) is 9.18 Å². The van der Waals surface area contributed by atoms with Crippen LogP contribution in [0.25, 0.3) is 11.1 Å². The first kappa shape index (κ1) is 18.2. The van der Waals surface area contributed by atoms with Crippen LogP contribution in [0.15, 0.2) is 36.7 Å². The second-order valence-electron chi connectivity index (χ2n) is 7.44. The van der Waals surface area contributed by atoms with Gasteiger partial charge >= 0.3 is 6.03 Å². The first-order valence-corrected chi connectivity index (χ1v) is 9.24. The average molecular weight is 384 g/mol. The Labute approximate surface area is 161 Å². The van der Waals surface area contributed by atoms with Crippen LogP contribution >= 0.6 is 0 Å². The van der Waals surface area contributed by atoms with Crippen molar-refractivity contribution in [2.75, 3.05) is 13.1 Å². The zero-order chi connectivity index (χ0) is 19.9. The fourth-order valence-corrected chi connectivity index (χ4v) is 4.12. The van der Waals surface area contributed by atoms with Crippen LogP contribution in [0, 0.1) is 11.7 Å². The lowest BCUT2D eigenvalue weighted by Gasteiger charge is -2.38. The third-order valence-electron chi connectivity index (χ3n) is 5.81. The van der Waals surface area contributed by atoms with E-state index in [1.807, 2.05) is 0 Å². The third-order valence-corrected chi connectivity index (χ3v) is 5.81. The molecule has 2 aliphatic rings. The number of carbonyl (C=O) groups excluding carboxylic acids is 3. The Bertz CT molecular complexity index is 948. The highest BCUT2D eigenvalue weighted by atomic mass is 19.1. The summed E-state index contributed by atoms with van der Waals surface area (Å²) >= 11 is 0. The van der Waals surface area contributed by atoms with Gasteiger partial charge in [-0.3, -0.25) is 14.9 Å². The van der Waals surface area contributed by atoms with Gasteiger partial charge in [0, 0.05) is 36.6 Å². The summed E-state index contributed by atoms with van der Waals surface area (Å²) in [4.78, 5) is 41.3. The monoisotopic (exact) mass is 384 g/mol. The molecule has 28 heavy (non-hydrogen) atoms. The first-order valence-electron chi connectivity index (χ1n) is 9.24. The first-order chi connectivity index (χ1) is 13.4. The molecule has 0 saturated carbocycles. The smallest absolute Gasteiger partial charge is 0.322 e. The van der Waals surface area contributed by atoms with Crippen molar-refractivity contribution >= 4 is 17.8 Å². The van der Waals surface area contributed by atoms with Gasteiger partial charge in [-0.2, -0.15) is 0 Å². The summed E-state index contributed by atoms with van der Waals surface area (Å²) in [7, 11) is 0. The van der Waals surface area contributed by atoms with Crippen LogP contribution in [0.3, 0.4) is 0 Å². The van der Waals surface area contributed by atoms with Crippen molar-refractivity contribution in [2.24, 2.45) is 5.92 Å². The minimum atomic E-state index is -0.946. The lowest BCUT2D eigenvalue weighted by Crippen LogP contribution is -2.54. The molecule has 4 amide bonds. The largest absolute Gasteiger partial charge is 0.366 e. The maximum atomic E-state index is 14.2. The number of rotatable bonds is 3. The van der Waals surface area contributed by atoms with Crippen molar-refractivity contribution in [1.29, 1.82) is 0 Å². The van der Waals surface area contributed by atoms with Gasteiger partial charge in [0.25, 0.3) is 11.8 Å². The number of aromatic nitrogens is 1. The fourth-order valence-electron chi connectivity index (χ4n) is 4.12. The van der Waals surface area contributed by atoms with E-state index in [-0.39, 0.29) is 23.5 Å². The number of halogens is 1. The van der Waals surface area contributed by atoms with Crippen LogP contribution < -0.4 is 10.6 Å². The van der Waals surface area contributed by atoms with Crippen molar-refractivity contribution in [3.63, 3.8) is 0 Å². The summed E-state index contributed by atoms with van der Waals surface area (Å²) < 4.78 is 14.2. The lowest BCUT2D eigenvalue weighted by molar-refractivity contribution is -0.125. The van der Waals surface area contributed by atoms with Crippen molar-refractivity contribution in [1.82, 2.24) is 20.5 Å². The molecular weight excluding hydrogens is 363 g/mol. The number of likely N-dealkylation sites (tertiary alicyclic amines) is 1. The molecule has 8 heteroatoms. The Morgan fingerprint density at radius 1 is 1.14 bits per heavy atom. The number of nitrogens with zero attached hydrogens (tertiary/aromatic N) is 1. The normalized spacial score (nSPS) is 22.9. The molecule has 3 heterocycles. The van der Waals surface area contributed by atoms with Crippen molar-refractivity contribution in [3.8, 4) is 11.1 Å². The van der Waals surface area contributed by atoms with E-state index in [0.29, 0.717) is 42.6 Å². The molecule has 2 aromatic rings. The highest BCUT2D eigenvalue weighted by Crippen LogP contribution is 2.32. The predicted octanol–water partition coefficient (Wildman–Crippen LogP) is 2.27. The van der Waals surface area contributed by atoms with Crippen LogP contribution in [-0.2, 0) is 4.79 Å². The molecule has 4 rings (SSSR count). The van der Waals surface area contributed by atoms with Gasteiger partial charge in [0.1, 0.15) is 11.4 Å². The Hall–Kier alpha value is -3.16. The minimum absolute atomic E-state index is 0.0553. The number of nitrogens with one attached hydrogen (secondary N) is 3. The molecule has 0 spiro atoms. The second-order valence-corrected chi connectivity index (χ2v) is 7.44. The van der Waals surface area contributed by atoms with E-state index in [1.165, 1.54) is 6.07 Å². The van der Waals surface area contributed by atoms with Crippen LogP contribution in [0.1, 0.15) is 30.1 Å². The minimum Gasteiger partial charge on any atom is -0.366 e. The summed E-state index contributed by atoms with van der Waals surface area (Å²) in [6, 6.07) is 5.86. The number of piperidine rings is 1. The maximum Gasteiger partial charge on any atom is 0.322 e. The summed E-state index contributed by atoms with van der Waals surface area (Å²) in [6.07, 6.45) is 4.39. The summed E-state index contributed by atoms with van der Waals surface area (Å²) in [5, 5.41) is 4.99. The summed E-state index contributed by atoms with van der Waals surface area (Å²) in [5.74, 6) is -0.941. The molecule has 2 saturated heterocycles. The van der Waals surface area contributed by atoms with Gasteiger partial charge in [-0.1, -0.05) is 18.2 Å². The molecule has 7 nitrogen and oxygen atoms in total. The van der Waals surface area contributed by atoms with Gasteiger partial charge in [-0.25, -0.2) is 9.18 Å². The Kier molecular flexibility index (Phi) is 4.41. The second kappa shape index (κ2) is 6.78. The molecule has 1 aromatic heterocycles. The lowest BCUT2D eigenvalue weighted by atomic mass is 9.79. The van der Waals surface area contributed by atoms with Gasteiger partial charge in [-0.15, -0.1) is 0 Å². The Morgan fingerprint density at radius 2 is 1.86 bits per heavy atom. The number of hydrogen-bond acceptors (Lipinski definition) is 3. The Morgan fingerprint density at radius 3 is 2.50 bits per heavy atom. The number of amides is 4. The van der Waals surface area contributed by atoms with Gasteiger partial charge in [0.05, 0.1) is 5.56 Å². The van der Waals surface area contributed by atoms with E-state index in [9.17, 15) is 18.8 Å². The Balaban J connectivity index is 1.49. The van der Waals surface area contributed by atoms with E-state index in [2.05, 4.69) is 15.6 Å². The number of urea groups is 1. The van der Waals surface area contributed by atoms with Crippen LogP contribution in [-0.4, -0.2) is 46.4 Å². The number of imide groups is 1. The number of hydrogen-bond donors (Lipinski definition) is 3. The maximum absolute atomic E-state index is 14.2. The molecule has 146 valence electrons. The zero-order valence-corrected chi connectivity index (χ0v) is 15.4. The number of H-pyrrole nitrogens is 1. The van der Waals surface area contributed by atoms with Crippen molar-refractivity contribution in [2.45, 2.75) is 25.3 Å². The van der Waals surface area contributed by atoms with E-state index in [4.69, 9.17) is 0 Å². The van der Waals surface area contributed by atoms with E-state index in [1.54, 1.807) is 42.4 Å². The quantitative estimate of drug-likeness (QED) is 0.709. The molecule has 1 atom stereocenters. The topological polar surface area (TPSA) is 94.3 Å². The summed E-state index contributed by atoms with van der Waals surface area (Å²) in [5.41, 5.74) is 0.375. The highest BCUT2D eigenvalue weighted by molar-refractivity contribution is 6.07. The zero-order valence-electron chi connectivity index (χ0n) is 15.4. The van der Waals surface area contributed by atoms with Gasteiger partial charge < -0.3 is 15.2 Å². The third kappa shape index (κ3) is 2.94. The number of aromatic amines is 1. The number of benzene rings is 1. The molecule has 0 aliphatic carbocycles. The van der Waals surface area contributed by atoms with Gasteiger partial charge in [-0.05, 0) is 31.7 Å². The molecular formula is C20H21FN4O3. The van der Waals surface area contributed by atoms with E-state index >= 15 is 0 Å². The molecule has 2 fully saturated rings. The molecule has 1 unspecified atom stereocenters. The van der Waals surface area contributed by atoms with Crippen molar-refractivity contribution < 1.29 is 18.8 Å². The molecule has 0 radical (unpaired) electrons. The van der Waals surface area contributed by atoms with Gasteiger partial charge in [0.2, 0.25) is 0 Å². The number of carbonyl (C=O) groups is 3. The molecule has 3 N–H and O–H groups in total. The van der Waals surface area contributed by atoms with Crippen molar-refractivity contribution in [3.05, 3.63) is 48.0 Å². The van der Waals surface area contributed by atoms with Crippen LogP contribution in [0.5, 0.6) is 0 Å². The molecule has 2 aliphatic heterocycles.